The van der Waals surface area contributed by atoms with E-state index in [2.05, 4.69) is 16.4 Å². The summed E-state index contributed by atoms with van der Waals surface area (Å²) in [4.78, 5) is 0. The molecule has 0 saturated carbocycles. The summed E-state index contributed by atoms with van der Waals surface area (Å²) >= 11 is 0. The van der Waals surface area contributed by atoms with E-state index >= 15 is 0 Å². The van der Waals surface area contributed by atoms with Crippen LogP contribution >= 0.6 is 0 Å². The van der Waals surface area contributed by atoms with Crippen molar-refractivity contribution in [3.63, 3.8) is 0 Å². The van der Waals surface area contributed by atoms with Crippen LogP contribution in [0.4, 0.5) is 0 Å². The zero-order valence-corrected chi connectivity index (χ0v) is 6.15. The van der Waals surface area contributed by atoms with E-state index in [4.69, 9.17) is 5.73 Å². The van der Waals surface area contributed by atoms with Crippen LogP contribution in [0.1, 0.15) is 17.7 Å². The maximum absolute atomic E-state index is 5.35. The highest BCUT2D eigenvalue weighted by molar-refractivity contribution is 5.12. The number of nitrogens with two attached hydrogens (primary N) is 1. The third-order valence-corrected chi connectivity index (χ3v) is 1.50. The maximum atomic E-state index is 5.35. The lowest BCUT2D eigenvalue weighted by Crippen LogP contribution is -2.01. The predicted octanol–water partition coefficient (Wildman–Crippen LogP) is 0.410. The predicted molar refractivity (Wildman–Crippen MR) is 39.5 cm³/mol. The third-order valence-electron chi connectivity index (χ3n) is 1.50. The highest BCUT2D eigenvalue weighted by Crippen LogP contribution is 2.02. The van der Waals surface area contributed by atoms with Crippen LogP contribution in [0.5, 0.6) is 0 Å². The first-order valence-electron chi connectivity index (χ1n) is 3.46. The largest absolute Gasteiger partial charge is 0.330 e. The van der Waals surface area contributed by atoms with Gasteiger partial charge < -0.3 is 5.73 Å². The number of aryl methyl sites for hydroxylation is 2. The standard InChI is InChI=1S/C7H12N3/c1-6-5-9-10-7(6)3-2-4-8/h2-4,8H2,1H3,(H,9,10). The summed E-state index contributed by atoms with van der Waals surface area (Å²) in [7, 11) is 0. The number of rotatable bonds is 3. The van der Waals surface area contributed by atoms with Gasteiger partial charge in [0.2, 0.25) is 0 Å². The second-order valence-electron chi connectivity index (χ2n) is 2.33. The number of H-pyrrole nitrogens is 1. The minimum absolute atomic E-state index is 0.735. The quantitative estimate of drug-likeness (QED) is 0.635. The molecule has 0 aliphatic carbocycles. The van der Waals surface area contributed by atoms with Crippen molar-refractivity contribution in [3.05, 3.63) is 17.5 Å². The van der Waals surface area contributed by atoms with E-state index in [1.54, 1.807) is 0 Å². The van der Waals surface area contributed by atoms with Crippen molar-refractivity contribution < 1.29 is 0 Å². The van der Waals surface area contributed by atoms with Crippen molar-refractivity contribution in [2.75, 3.05) is 6.54 Å². The van der Waals surface area contributed by atoms with E-state index in [-0.39, 0.29) is 0 Å². The molecule has 10 heavy (non-hydrogen) atoms. The number of nitrogens with one attached hydrogen (secondary N) is 1. The number of aromatic nitrogens is 2. The summed E-state index contributed by atoms with van der Waals surface area (Å²) in [6.45, 7) is 2.73. The van der Waals surface area contributed by atoms with Gasteiger partial charge in [0.15, 0.2) is 0 Å². The number of nitrogens with zero attached hydrogens (tertiary/aromatic N) is 1. The Morgan fingerprint density at radius 1 is 1.70 bits per heavy atom. The van der Waals surface area contributed by atoms with Gasteiger partial charge in [0.05, 0.1) is 0 Å². The van der Waals surface area contributed by atoms with Crippen molar-refractivity contribution in [2.45, 2.75) is 19.8 Å². The first-order valence-corrected chi connectivity index (χ1v) is 3.46. The molecule has 0 fully saturated rings. The minimum Gasteiger partial charge on any atom is -0.330 e. The summed E-state index contributed by atoms with van der Waals surface area (Å²) in [6, 6.07) is 0. The Morgan fingerprint density at radius 2 is 2.50 bits per heavy atom. The fraction of sp³-hybridized carbons (Fsp3) is 0.571. The first-order chi connectivity index (χ1) is 4.84. The molecule has 0 aromatic carbocycles. The summed E-state index contributed by atoms with van der Waals surface area (Å²) in [5, 5.41) is 6.66. The summed E-state index contributed by atoms with van der Waals surface area (Å²) in [5.74, 6) is 0. The molecule has 55 valence electrons. The Balaban J connectivity index is 2.49. The Hall–Kier alpha value is -0.830. The van der Waals surface area contributed by atoms with Crippen LogP contribution in [-0.4, -0.2) is 16.7 Å². The van der Waals surface area contributed by atoms with E-state index in [0.717, 1.165) is 30.6 Å². The Morgan fingerprint density at radius 3 is 3.00 bits per heavy atom. The molecular formula is C7H12N3. The van der Waals surface area contributed by atoms with Gasteiger partial charge >= 0.3 is 0 Å². The van der Waals surface area contributed by atoms with E-state index in [0.29, 0.717) is 0 Å². The van der Waals surface area contributed by atoms with Crippen molar-refractivity contribution >= 4 is 0 Å². The van der Waals surface area contributed by atoms with Crippen LogP contribution in [0.2, 0.25) is 0 Å². The lowest BCUT2D eigenvalue weighted by molar-refractivity contribution is 0.800. The Kier molecular flexibility index (Phi) is 2.45. The SMILES string of the molecule is Cc1[c]n[nH]c1CCCN. The molecule has 3 N–H and O–H groups in total. The second-order valence-corrected chi connectivity index (χ2v) is 2.33. The first kappa shape index (κ1) is 7.28. The molecule has 1 radical (unpaired) electrons. The summed E-state index contributed by atoms with van der Waals surface area (Å²) in [5.41, 5.74) is 7.61. The van der Waals surface area contributed by atoms with Gasteiger partial charge in [-0.15, -0.1) is 0 Å². The lowest BCUT2D eigenvalue weighted by atomic mass is 10.2. The summed E-state index contributed by atoms with van der Waals surface area (Å²) in [6.07, 6.45) is 4.83. The average Bonchev–Trinajstić information content (AvgIpc) is 2.31. The van der Waals surface area contributed by atoms with Gasteiger partial charge in [-0.3, -0.25) is 5.10 Å². The molecule has 0 spiro atoms. The molecule has 1 rings (SSSR count). The molecule has 0 bridgehead atoms. The third kappa shape index (κ3) is 1.57. The number of aromatic amines is 1. The topological polar surface area (TPSA) is 54.7 Å². The monoisotopic (exact) mass is 138 g/mol. The smallest absolute Gasteiger partial charge is 0.116 e. The lowest BCUT2D eigenvalue weighted by Gasteiger charge is -1.94. The van der Waals surface area contributed by atoms with Gasteiger partial charge in [-0.1, -0.05) is 0 Å². The molecule has 0 saturated heterocycles. The van der Waals surface area contributed by atoms with Crippen LogP contribution in [0.3, 0.4) is 0 Å². The molecule has 0 aliphatic heterocycles. The van der Waals surface area contributed by atoms with Crippen molar-refractivity contribution in [1.29, 1.82) is 0 Å². The maximum Gasteiger partial charge on any atom is 0.116 e. The van der Waals surface area contributed by atoms with Gasteiger partial charge in [0.1, 0.15) is 6.20 Å². The van der Waals surface area contributed by atoms with Crippen LogP contribution in [0, 0.1) is 13.1 Å². The Bertz CT molecular complexity index is 192. The molecule has 1 aromatic heterocycles. The zero-order chi connectivity index (χ0) is 7.40. The van der Waals surface area contributed by atoms with E-state index in [1.165, 1.54) is 0 Å². The highest BCUT2D eigenvalue weighted by Gasteiger charge is 1.97. The normalized spacial score (nSPS) is 10.2. The molecule has 3 nitrogen and oxygen atoms in total. The van der Waals surface area contributed by atoms with Gasteiger partial charge in [0.25, 0.3) is 0 Å². The number of hydrogen-bond acceptors (Lipinski definition) is 2. The van der Waals surface area contributed by atoms with Gasteiger partial charge in [-0.2, -0.15) is 5.10 Å². The highest BCUT2D eigenvalue weighted by atomic mass is 15.1. The fourth-order valence-corrected chi connectivity index (χ4v) is 0.853. The van der Waals surface area contributed by atoms with Crippen LogP contribution < -0.4 is 5.73 Å². The molecule has 0 unspecified atom stereocenters. The van der Waals surface area contributed by atoms with Crippen LogP contribution in [-0.2, 0) is 6.42 Å². The second kappa shape index (κ2) is 3.37. The number of hydrogen-bond donors (Lipinski definition) is 2. The van der Waals surface area contributed by atoms with Gasteiger partial charge in [0, 0.05) is 5.69 Å². The molecule has 3 heteroatoms. The average molecular weight is 138 g/mol. The van der Waals surface area contributed by atoms with Gasteiger partial charge in [-0.25, -0.2) is 0 Å². The molecule has 1 heterocycles. The molecule has 0 atom stereocenters. The van der Waals surface area contributed by atoms with E-state index in [9.17, 15) is 0 Å². The molecular weight excluding hydrogens is 126 g/mol. The molecule has 0 amide bonds. The molecule has 0 aliphatic rings. The summed E-state index contributed by atoms with van der Waals surface area (Å²) < 4.78 is 0. The fourth-order valence-electron chi connectivity index (χ4n) is 0.853. The minimum atomic E-state index is 0.735. The van der Waals surface area contributed by atoms with E-state index < -0.39 is 0 Å². The van der Waals surface area contributed by atoms with Crippen molar-refractivity contribution in [3.8, 4) is 0 Å². The van der Waals surface area contributed by atoms with Crippen molar-refractivity contribution in [1.82, 2.24) is 10.2 Å². The van der Waals surface area contributed by atoms with Gasteiger partial charge in [-0.05, 0) is 31.9 Å². The van der Waals surface area contributed by atoms with Crippen LogP contribution in [0.25, 0.3) is 0 Å². The van der Waals surface area contributed by atoms with E-state index in [1.807, 2.05) is 6.92 Å². The zero-order valence-electron chi connectivity index (χ0n) is 6.15. The van der Waals surface area contributed by atoms with Crippen molar-refractivity contribution in [2.24, 2.45) is 5.73 Å². The molecule has 1 aromatic rings. The Labute approximate surface area is 60.6 Å². The van der Waals surface area contributed by atoms with Crippen LogP contribution in [0.15, 0.2) is 0 Å².